The summed E-state index contributed by atoms with van der Waals surface area (Å²) in [5, 5.41) is 0. The van der Waals surface area contributed by atoms with Crippen molar-refractivity contribution in [2.75, 3.05) is 5.75 Å². The smallest absolute Gasteiger partial charge is 0.0390 e. The summed E-state index contributed by atoms with van der Waals surface area (Å²) in [4.78, 5) is 1.29. The largest absolute Gasteiger partial charge is 0.323 e. The summed E-state index contributed by atoms with van der Waals surface area (Å²) in [6.07, 6.45) is 1.06. The van der Waals surface area contributed by atoms with E-state index in [9.17, 15) is 0 Å². The summed E-state index contributed by atoms with van der Waals surface area (Å²) in [5.41, 5.74) is 10.2. The van der Waals surface area contributed by atoms with E-state index >= 15 is 0 Å². The average Bonchev–Trinajstić information content (AvgIpc) is 2.45. The van der Waals surface area contributed by atoms with Crippen molar-refractivity contribution < 1.29 is 0 Å². The molecule has 0 aliphatic carbocycles. The molecule has 0 aliphatic heterocycles. The SMILES string of the molecule is CCc1cccc(C(N)CSc2cccc(C)c2)c1. The second-order valence-corrected chi connectivity index (χ2v) is 5.93. The van der Waals surface area contributed by atoms with E-state index in [1.807, 2.05) is 11.8 Å². The Morgan fingerprint density at radius 1 is 1.11 bits per heavy atom. The molecule has 1 unspecified atom stereocenters. The van der Waals surface area contributed by atoms with E-state index < -0.39 is 0 Å². The van der Waals surface area contributed by atoms with Gasteiger partial charge in [-0.15, -0.1) is 11.8 Å². The van der Waals surface area contributed by atoms with Crippen LogP contribution in [0.1, 0.15) is 29.7 Å². The monoisotopic (exact) mass is 271 g/mol. The van der Waals surface area contributed by atoms with Crippen LogP contribution in [0.25, 0.3) is 0 Å². The van der Waals surface area contributed by atoms with Gasteiger partial charge in [0.25, 0.3) is 0 Å². The maximum Gasteiger partial charge on any atom is 0.0390 e. The molecule has 0 spiro atoms. The number of benzene rings is 2. The van der Waals surface area contributed by atoms with Crippen LogP contribution in [0.2, 0.25) is 0 Å². The Labute approximate surface area is 120 Å². The summed E-state index contributed by atoms with van der Waals surface area (Å²) in [6.45, 7) is 4.29. The van der Waals surface area contributed by atoms with Crippen molar-refractivity contribution in [1.82, 2.24) is 0 Å². The van der Waals surface area contributed by atoms with Crippen molar-refractivity contribution in [3.8, 4) is 0 Å². The summed E-state index contributed by atoms with van der Waals surface area (Å²) < 4.78 is 0. The molecule has 0 heterocycles. The van der Waals surface area contributed by atoms with Gasteiger partial charge >= 0.3 is 0 Å². The fraction of sp³-hybridized carbons (Fsp3) is 0.294. The molecular formula is C17H21NS. The summed E-state index contributed by atoms with van der Waals surface area (Å²) in [6, 6.07) is 17.3. The molecule has 0 saturated heterocycles. The third kappa shape index (κ3) is 4.12. The first kappa shape index (κ1) is 14.2. The molecule has 2 N–H and O–H groups in total. The number of hydrogen-bond donors (Lipinski definition) is 1. The van der Waals surface area contributed by atoms with Crippen molar-refractivity contribution in [3.63, 3.8) is 0 Å². The second-order valence-electron chi connectivity index (χ2n) is 4.83. The number of nitrogens with two attached hydrogens (primary N) is 1. The van der Waals surface area contributed by atoms with Crippen molar-refractivity contribution in [2.45, 2.75) is 31.2 Å². The minimum atomic E-state index is 0.0945. The lowest BCUT2D eigenvalue weighted by atomic mass is 10.0. The van der Waals surface area contributed by atoms with Crippen molar-refractivity contribution in [2.24, 2.45) is 5.73 Å². The lowest BCUT2D eigenvalue weighted by Crippen LogP contribution is -2.13. The second kappa shape index (κ2) is 6.78. The highest BCUT2D eigenvalue weighted by Crippen LogP contribution is 2.24. The van der Waals surface area contributed by atoms with Gasteiger partial charge in [0.1, 0.15) is 0 Å². The van der Waals surface area contributed by atoms with Crippen molar-refractivity contribution >= 4 is 11.8 Å². The Morgan fingerprint density at radius 2 is 1.89 bits per heavy atom. The first-order valence-electron chi connectivity index (χ1n) is 6.73. The quantitative estimate of drug-likeness (QED) is 0.818. The maximum absolute atomic E-state index is 6.28. The predicted molar refractivity (Wildman–Crippen MR) is 84.7 cm³/mol. The van der Waals surface area contributed by atoms with Gasteiger partial charge in [-0.3, -0.25) is 0 Å². The number of thioether (sulfide) groups is 1. The van der Waals surface area contributed by atoms with Crippen LogP contribution >= 0.6 is 11.8 Å². The normalized spacial score (nSPS) is 12.4. The highest BCUT2D eigenvalue weighted by Gasteiger charge is 2.07. The minimum Gasteiger partial charge on any atom is -0.323 e. The Balaban J connectivity index is 1.99. The fourth-order valence-corrected chi connectivity index (χ4v) is 3.04. The van der Waals surface area contributed by atoms with Gasteiger partial charge in [-0.05, 0) is 36.6 Å². The zero-order valence-electron chi connectivity index (χ0n) is 11.6. The summed E-state index contributed by atoms with van der Waals surface area (Å²) in [7, 11) is 0. The van der Waals surface area contributed by atoms with Crippen molar-refractivity contribution in [1.29, 1.82) is 0 Å². The topological polar surface area (TPSA) is 26.0 Å². The Kier molecular flexibility index (Phi) is 5.06. The molecule has 1 nitrogen and oxygen atoms in total. The van der Waals surface area contributed by atoms with Gasteiger partial charge in [-0.1, -0.05) is 48.9 Å². The molecule has 0 radical (unpaired) electrons. The summed E-state index contributed by atoms with van der Waals surface area (Å²) >= 11 is 1.83. The van der Waals surface area contributed by atoms with Gasteiger partial charge in [-0.25, -0.2) is 0 Å². The van der Waals surface area contributed by atoms with Gasteiger partial charge in [0, 0.05) is 16.7 Å². The van der Waals surface area contributed by atoms with Crippen LogP contribution in [-0.2, 0) is 6.42 Å². The fourth-order valence-electron chi connectivity index (χ4n) is 2.03. The van der Waals surface area contributed by atoms with Gasteiger partial charge in [0.2, 0.25) is 0 Å². The summed E-state index contributed by atoms with van der Waals surface area (Å²) in [5.74, 6) is 0.913. The Bertz CT molecular complexity index is 536. The zero-order valence-corrected chi connectivity index (χ0v) is 12.4. The minimum absolute atomic E-state index is 0.0945. The molecular weight excluding hydrogens is 250 g/mol. The first-order valence-corrected chi connectivity index (χ1v) is 7.71. The molecule has 2 aromatic rings. The molecule has 19 heavy (non-hydrogen) atoms. The van der Waals surface area contributed by atoms with Crippen LogP contribution in [0.3, 0.4) is 0 Å². The molecule has 2 heteroatoms. The van der Waals surface area contributed by atoms with Crippen LogP contribution in [-0.4, -0.2) is 5.75 Å². The molecule has 100 valence electrons. The molecule has 2 rings (SSSR count). The number of rotatable bonds is 5. The van der Waals surface area contributed by atoms with Gasteiger partial charge in [-0.2, -0.15) is 0 Å². The van der Waals surface area contributed by atoms with Gasteiger partial charge in [0.05, 0.1) is 0 Å². The van der Waals surface area contributed by atoms with E-state index in [4.69, 9.17) is 5.73 Å². The van der Waals surface area contributed by atoms with E-state index in [0.29, 0.717) is 0 Å². The van der Waals surface area contributed by atoms with E-state index in [0.717, 1.165) is 12.2 Å². The molecule has 0 saturated carbocycles. The van der Waals surface area contributed by atoms with E-state index in [1.54, 1.807) is 0 Å². The Morgan fingerprint density at radius 3 is 2.63 bits per heavy atom. The molecule has 0 aliphatic rings. The van der Waals surface area contributed by atoms with Gasteiger partial charge in [0.15, 0.2) is 0 Å². The number of hydrogen-bond acceptors (Lipinski definition) is 2. The lowest BCUT2D eigenvalue weighted by molar-refractivity contribution is 0.828. The Hall–Kier alpha value is -1.25. The van der Waals surface area contributed by atoms with Crippen LogP contribution in [0.4, 0.5) is 0 Å². The average molecular weight is 271 g/mol. The molecule has 0 aromatic heterocycles. The van der Waals surface area contributed by atoms with E-state index in [1.165, 1.54) is 21.6 Å². The maximum atomic E-state index is 6.28. The lowest BCUT2D eigenvalue weighted by Gasteiger charge is -2.13. The van der Waals surface area contributed by atoms with E-state index in [-0.39, 0.29) is 6.04 Å². The molecule has 2 aromatic carbocycles. The predicted octanol–water partition coefficient (Wildman–Crippen LogP) is 4.35. The first-order chi connectivity index (χ1) is 9.19. The van der Waals surface area contributed by atoms with Crippen LogP contribution in [0, 0.1) is 6.92 Å². The molecule has 0 amide bonds. The third-order valence-electron chi connectivity index (χ3n) is 3.21. The molecule has 0 bridgehead atoms. The number of aryl methyl sites for hydroxylation is 2. The molecule has 1 atom stereocenters. The van der Waals surface area contributed by atoms with Crippen LogP contribution in [0.15, 0.2) is 53.4 Å². The zero-order chi connectivity index (χ0) is 13.7. The van der Waals surface area contributed by atoms with Crippen LogP contribution in [0.5, 0.6) is 0 Å². The van der Waals surface area contributed by atoms with Gasteiger partial charge < -0.3 is 5.73 Å². The molecule has 0 fully saturated rings. The van der Waals surface area contributed by atoms with Crippen LogP contribution < -0.4 is 5.73 Å². The highest BCUT2D eigenvalue weighted by molar-refractivity contribution is 7.99. The highest BCUT2D eigenvalue weighted by atomic mass is 32.2. The van der Waals surface area contributed by atoms with Crippen molar-refractivity contribution in [3.05, 3.63) is 65.2 Å². The third-order valence-corrected chi connectivity index (χ3v) is 4.32. The van der Waals surface area contributed by atoms with E-state index in [2.05, 4.69) is 62.4 Å². The standard InChI is InChI=1S/C17H21NS/c1-3-14-7-5-8-15(11-14)17(18)12-19-16-9-4-6-13(2)10-16/h4-11,17H,3,12,18H2,1-2H3.